The van der Waals surface area contributed by atoms with Crippen molar-refractivity contribution in [1.82, 2.24) is 0 Å². The van der Waals surface area contributed by atoms with Crippen LogP contribution in [0, 0.1) is 0 Å². The Morgan fingerprint density at radius 1 is 0.700 bits per heavy atom. The van der Waals surface area contributed by atoms with Gasteiger partial charge in [-0.15, -0.1) is 0 Å². The molecule has 0 fully saturated rings. The molecule has 0 bridgehead atoms. The van der Waals surface area contributed by atoms with Crippen LogP contribution in [0.5, 0.6) is 11.5 Å². The predicted octanol–water partition coefficient (Wildman–Crippen LogP) is 10.8. The highest BCUT2D eigenvalue weighted by atomic mass is 32.2. The van der Waals surface area contributed by atoms with E-state index in [2.05, 4.69) is 36.1 Å². The molecule has 4 rings (SSSR count). The first-order valence-electron chi connectivity index (χ1n) is 17.6. The minimum absolute atomic E-state index is 0.0125. The van der Waals surface area contributed by atoms with E-state index in [9.17, 15) is 13.2 Å². The summed E-state index contributed by atoms with van der Waals surface area (Å²) < 4.78 is 42.5. The fraction of sp³-hybridized carbons (Fsp3) is 0.390. The van der Waals surface area contributed by atoms with E-state index in [0.29, 0.717) is 39.9 Å². The highest BCUT2D eigenvalue weighted by Crippen LogP contribution is 2.37. The number of nitrogens with one attached hydrogen (secondary N) is 3. The van der Waals surface area contributed by atoms with E-state index in [1.807, 2.05) is 64.1 Å². The molecular weight excluding hydrogens is 647 g/mol. The third kappa shape index (κ3) is 10.0. The molecule has 0 spiro atoms. The van der Waals surface area contributed by atoms with Crippen LogP contribution in [0.2, 0.25) is 0 Å². The van der Waals surface area contributed by atoms with Crippen molar-refractivity contribution in [3.8, 4) is 11.5 Å². The normalized spacial score (nSPS) is 11.6. The van der Waals surface area contributed by atoms with Gasteiger partial charge in [0.2, 0.25) is 0 Å². The van der Waals surface area contributed by atoms with Crippen LogP contribution in [0.4, 0.5) is 22.7 Å². The van der Waals surface area contributed by atoms with Crippen molar-refractivity contribution in [3.63, 3.8) is 0 Å². The van der Waals surface area contributed by atoms with Gasteiger partial charge in [-0.2, -0.15) is 0 Å². The molecule has 4 aromatic carbocycles. The maximum absolute atomic E-state index is 14.2. The van der Waals surface area contributed by atoms with Gasteiger partial charge in [0.05, 0.1) is 35.7 Å². The Morgan fingerprint density at radius 3 is 1.86 bits per heavy atom. The smallest absolute Gasteiger partial charge is 0.262 e. The molecule has 0 aliphatic rings. The number of carbonyl (C=O) groups excluding carboxylic acids is 1. The van der Waals surface area contributed by atoms with Gasteiger partial charge in [0.1, 0.15) is 11.5 Å². The number of anilines is 4. The second-order valence-electron chi connectivity index (χ2n) is 13.6. The molecule has 0 saturated carbocycles. The zero-order chi connectivity index (χ0) is 36.4. The molecule has 0 saturated heterocycles. The Labute approximate surface area is 299 Å². The van der Waals surface area contributed by atoms with Crippen LogP contribution < -0.4 is 24.8 Å². The summed E-state index contributed by atoms with van der Waals surface area (Å²) in [6.07, 6.45) is 4.55. The topological polar surface area (TPSA) is 106 Å². The van der Waals surface area contributed by atoms with E-state index in [1.54, 1.807) is 49.6 Å². The summed E-state index contributed by atoms with van der Waals surface area (Å²) in [7, 11) is -2.44. The largest absolute Gasteiger partial charge is 0.497 e. The first-order chi connectivity index (χ1) is 23.8. The highest BCUT2D eigenvalue weighted by molar-refractivity contribution is 7.92. The fourth-order valence-electron chi connectivity index (χ4n) is 5.67. The fourth-order valence-corrected chi connectivity index (χ4v) is 7.42. The number of methoxy groups -OCH3 is 1. The summed E-state index contributed by atoms with van der Waals surface area (Å²) in [4.78, 5) is 13.7. The van der Waals surface area contributed by atoms with E-state index in [0.717, 1.165) is 41.0 Å². The van der Waals surface area contributed by atoms with Crippen molar-refractivity contribution in [2.75, 3.05) is 29.1 Å². The van der Waals surface area contributed by atoms with Gasteiger partial charge >= 0.3 is 0 Å². The Bertz CT molecular complexity index is 1800. The minimum atomic E-state index is -4.01. The Kier molecular flexibility index (Phi) is 13.4. The summed E-state index contributed by atoms with van der Waals surface area (Å²) >= 11 is 0. The third-order valence-electron chi connectivity index (χ3n) is 8.62. The van der Waals surface area contributed by atoms with Gasteiger partial charge in [0.15, 0.2) is 0 Å². The minimum Gasteiger partial charge on any atom is -0.497 e. The van der Waals surface area contributed by atoms with E-state index in [4.69, 9.17) is 9.47 Å². The quantitative estimate of drug-likeness (QED) is 0.0947. The van der Waals surface area contributed by atoms with Gasteiger partial charge < -0.3 is 20.1 Å². The number of carbonyl (C=O) groups is 1. The Morgan fingerprint density at radius 2 is 1.30 bits per heavy atom. The second-order valence-corrected chi connectivity index (χ2v) is 15.2. The zero-order valence-electron chi connectivity index (χ0n) is 30.7. The Hall–Kier alpha value is -4.50. The lowest BCUT2D eigenvalue weighted by molar-refractivity contribution is 0.102. The average molecular weight is 700 g/mol. The SMILES string of the molecule is CCCCCCOc1ccc(Nc2ccc(NS(=O)(=O)c3c(C(C)C)cc(C(C)C)cc3C(C)C)cc2NC(=O)c2ccc(OC)cc2)cc1. The molecule has 0 aliphatic carbocycles. The third-order valence-corrected chi connectivity index (χ3v) is 10.1. The van der Waals surface area contributed by atoms with Crippen molar-refractivity contribution < 1.29 is 22.7 Å². The molecule has 0 unspecified atom stereocenters. The highest BCUT2D eigenvalue weighted by Gasteiger charge is 2.27. The van der Waals surface area contributed by atoms with E-state index < -0.39 is 10.0 Å². The number of rotatable bonds is 17. The standard InChI is InChI=1S/C41H53N3O5S/c1-9-10-11-12-23-49-35-20-15-32(16-21-35)42-38-22-17-33(26-39(38)43-41(45)30-13-18-34(48-8)19-14-30)44-50(46,47)40-36(28(4)5)24-31(27(2)3)25-37(40)29(6)7/h13-22,24-29,42,44H,9-12,23H2,1-8H3,(H,43,45). The summed E-state index contributed by atoms with van der Waals surface area (Å²) in [6, 6.07) is 23.6. The molecule has 9 heteroatoms. The molecule has 1 amide bonds. The monoisotopic (exact) mass is 699 g/mol. The van der Waals surface area contributed by atoms with Crippen molar-refractivity contribution in [1.29, 1.82) is 0 Å². The second kappa shape index (κ2) is 17.4. The van der Waals surface area contributed by atoms with Crippen LogP contribution in [0.25, 0.3) is 0 Å². The molecule has 50 heavy (non-hydrogen) atoms. The number of benzene rings is 4. The number of amides is 1. The van der Waals surface area contributed by atoms with Crippen molar-refractivity contribution in [3.05, 3.63) is 101 Å². The number of ether oxygens (including phenoxy) is 2. The molecule has 0 radical (unpaired) electrons. The van der Waals surface area contributed by atoms with Crippen LogP contribution in [0.15, 0.2) is 83.8 Å². The molecule has 0 atom stereocenters. The van der Waals surface area contributed by atoms with Crippen molar-refractivity contribution in [2.45, 2.75) is 96.8 Å². The van der Waals surface area contributed by atoms with Gasteiger partial charge in [-0.25, -0.2) is 8.42 Å². The molecule has 268 valence electrons. The number of hydrogen-bond donors (Lipinski definition) is 3. The van der Waals surface area contributed by atoms with Crippen LogP contribution >= 0.6 is 0 Å². The van der Waals surface area contributed by atoms with Gasteiger partial charge in [0, 0.05) is 11.3 Å². The predicted molar refractivity (Wildman–Crippen MR) is 206 cm³/mol. The molecule has 3 N–H and O–H groups in total. The molecule has 4 aromatic rings. The van der Waals surface area contributed by atoms with Crippen LogP contribution in [-0.2, 0) is 10.0 Å². The van der Waals surface area contributed by atoms with Gasteiger partial charge in [0.25, 0.3) is 15.9 Å². The number of sulfonamides is 1. The van der Waals surface area contributed by atoms with Crippen LogP contribution in [0.1, 0.15) is 119 Å². The summed E-state index contributed by atoms with van der Waals surface area (Å²) in [6.45, 7) is 15.2. The lowest BCUT2D eigenvalue weighted by Gasteiger charge is -2.23. The molecule has 0 aliphatic heterocycles. The lowest BCUT2D eigenvalue weighted by atomic mass is 9.89. The first kappa shape index (κ1) is 38.3. The summed E-state index contributed by atoms with van der Waals surface area (Å²) in [5, 5.41) is 6.36. The van der Waals surface area contributed by atoms with Crippen molar-refractivity contribution in [2.24, 2.45) is 0 Å². The van der Waals surface area contributed by atoms with E-state index in [-0.39, 0.29) is 23.7 Å². The first-order valence-corrected chi connectivity index (χ1v) is 19.1. The van der Waals surface area contributed by atoms with Gasteiger partial charge in [-0.3, -0.25) is 9.52 Å². The zero-order valence-corrected chi connectivity index (χ0v) is 31.5. The summed E-state index contributed by atoms with van der Waals surface area (Å²) in [5.74, 6) is 1.30. The molecular formula is C41H53N3O5S. The van der Waals surface area contributed by atoms with Crippen molar-refractivity contribution >= 4 is 38.7 Å². The molecule has 8 nitrogen and oxygen atoms in total. The van der Waals surface area contributed by atoms with E-state index in [1.165, 1.54) is 12.8 Å². The van der Waals surface area contributed by atoms with Gasteiger partial charge in [-0.1, -0.05) is 79.9 Å². The van der Waals surface area contributed by atoms with Crippen LogP contribution in [-0.4, -0.2) is 28.0 Å². The lowest BCUT2D eigenvalue weighted by Crippen LogP contribution is -2.19. The average Bonchev–Trinajstić information content (AvgIpc) is 3.09. The number of unbranched alkanes of at least 4 members (excludes halogenated alkanes) is 3. The van der Waals surface area contributed by atoms with E-state index >= 15 is 0 Å². The van der Waals surface area contributed by atoms with Gasteiger partial charge in [-0.05, 0) is 108 Å². The summed E-state index contributed by atoms with van der Waals surface area (Å²) in [5.41, 5.74) is 5.22. The number of hydrogen-bond acceptors (Lipinski definition) is 6. The van der Waals surface area contributed by atoms with Crippen LogP contribution in [0.3, 0.4) is 0 Å². The Balaban J connectivity index is 1.68. The maximum Gasteiger partial charge on any atom is 0.262 e. The molecule has 0 heterocycles. The maximum atomic E-state index is 14.2. The molecule has 0 aromatic heterocycles.